The molecule has 3 nitrogen and oxygen atoms in total. The van der Waals surface area contributed by atoms with E-state index in [2.05, 4.69) is 0 Å². The van der Waals surface area contributed by atoms with E-state index < -0.39 is 5.60 Å². The van der Waals surface area contributed by atoms with Crippen molar-refractivity contribution in [3.63, 3.8) is 0 Å². The number of ether oxygens (including phenoxy) is 2. The van der Waals surface area contributed by atoms with Gasteiger partial charge in [-0.05, 0) is 26.2 Å². The number of rotatable bonds is 4. The zero-order valence-electron chi connectivity index (χ0n) is 9.13. The molecule has 0 aromatic heterocycles. The highest BCUT2D eigenvalue weighted by molar-refractivity contribution is 6.01. The Balaban J connectivity index is 2.76. The summed E-state index contributed by atoms with van der Waals surface area (Å²) in [5.41, 5.74) is 0.0643. The van der Waals surface area contributed by atoms with Crippen molar-refractivity contribution in [1.29, 1.82) is 0 Å². The molecule has 14 heavy (non-hydrogen) atoms. The van der Waals surface area contributed by atoms with Gasteiger partial charge >= 0.3 is 0 Å². The summed E-state index contributed by atoms with van der Waals surface area (Å²) >= 11 is 0. The van der Waals surface area contributed by atoms with E-state index in [1.807, 2.05) is 13.8 Å². The first kappa shape index (κ1) is 11.2. The maximum Gasteiger partial charge on any atom is 0.193 e. The molecule has 0 spiro atoms. The average molecular weight is 198 g/mol. The highest BCUT2D eigenvalue weighted by Crippen LogP contribution is 2.24. The minimum Gasteiger partial charge on any atom is -0.501 e. The van der Waals surface area contributed by atoms with Crippen molar-refractivity contribution < 1.29 is 14.3 Å². The number of hydrogen-bond donors (Lipinski definition) is 0. The minimum atomic E-state index is -0.688. The Morgan fingerprint density at radius 1 is 1.71 bits per heavy atom. The van der Waals surface area contributed by atoms with Crippen LogP contribution in [-0.2, 0) is 14.3 Å². The van der Waals surface area contributed by atoms with E-state index >= 15 is 0 Å². The van der Waals surface area contributed by atoms with Crippen molar-refractivity contribution in [2.75, 3.05) is 13.7 Å². The first-order valence-corrected chi connectivity index (χ1v) is 5.04. The number of carbonyl (C=O) groups is 1. The lowest BCUT2D eigenvalue weighted by Gasteiger charge is -2.27. The molecule has 3 heteroatoms. The van der Waals surface area contributed by atoms with Crippen molar-refractivity contribution in [3.8, 4) is 0 Å². The van der Waals surface area contributed by atoms with Crippen LogP contribution >= 0.6 is 0 Å². The number of methoxy groups -OCH3 is 1. The number of ketones is 1. The molecule has 1 atom stereocenters. The van der Waals surface area contributed by atoms with Gasteiger partial charge in [-0.25, -0.2) is 0 Å². The quantitative estimate of drug-likeness (QED) is 0.693. The van der Waals surface area contributed by atoms with Gasteiger partial charge in [-0.2, -0.15) is 0 Å². The van der Waals surface area contributed by atoms with Crippen LogP contribution in [0.2, 0.25) is 0 Å². The number of carbonyl (C=O) groups excluding carboxylic acids is 1. The van der Waals surface area contributed by atoms with Crippen LogP contribution in [0.3, 0.4) is 0 Å². The largest absolute Gasteiger partial charge is 0.501 e. The standard InChI is InChI=1S/C11H18O3/c1-4-11(2,13-3)10(12)9-6-5-7-14-8-9/h8H,4-7H2,1-3H3. The molecule has 1 aliphatic heterocycles. The minimum absolute atomic E-state index is 0.0576. The third-order valence-electron chi connectivity index (χ3n) is 2.83. The van der Waals surface area contributed by atoms with Crippen LogP contribution in [0.4, 0.5) is 0 Å². The molecule has 1 heterocycles. The van der Waals surface area contributed by atoms with E-state index in [9.17, 15) is 4.79 Å². The van der Waals surface area contributed by atoms with E-state index in [1.165, 1.54) is 0 Å². The molecule has 0 N–H and O–H groups in total. The zero-order valence-corrected chi connectivity index (χ0v) is 9.13. The molecule has 0 saturated carbocycles. The maximum absolute atomic E-state index is 12.0. The van der Waals surface area contributed by atoms with Crippen LogP contribution in [0.25, 0.3) is 0 Å². The second-order valence-corrected chi connectivity index (χ2v) is 3.74. The summed E-state index contributed by atoms with van der Waals surface area (Å²) in [6, 6.07) is 0. The van der Waals surface area contributed by atoms with Gasteiger partial charge < -0.3 is 9.47 Å². The molecule has 1 rings (SSSR count). The molecule has 0 fully saturated rings. The fourth-order valence-electron chi connectivity index (χ4n) is 1.47. The van der Waals surface area contributed by atoms with Gasteiger partial charge in [-0.15, -0.1) is 0 Å². The Morgan fingerprint density at radius 2 is 2.43 bits per heavy atom. The summed E-state index contributed by atoms with van der Waals surface area (Å²) in [5, 5.41) is 0. The summed E-state index contributed by atoms with van der Waals surface area (Å²) < 4.78 is 10.4. The van der Waals surface area contributed by atoms with Crippen molar-refractivity contribution >= 4 is 5.78 Å². The summed E-state index contributed by atoms with van der Waals surface area (Å²) in [4.78, 5) is 12.0. The summed E-state index contributed by atoms with van der Waals surface area (Å²) in [6.45, 7) is 4.49. The first-order chi connectivity index (χ1) is 6.64. The highest BCUT2D eigenvalue weighted by atomic mass is 16.5. The molecule has 0 amide bonds. The molecule has 0 aromatic carbocycles. The topological polar surface area (TPSA) is 35.5 Å². The third-order valence-corrected chi connectivity index (χ3v) is 2.83. The molecule has 0 saturated heterocycles. The predicted molar refractivity (Wildman–Crippen MR) is 54.0 cm³/mol. The van der Waals surface area contributed by atoms with Gasteiger partial charge in [0.2, 0.25) is 0 Å². The van der Waals surface area contributed by atoms with Crippen molar-refractivity contribution in [1.82, 2.24) is 0 Å². The van der Waals surface area contributed by atoms with Gasteiger partial charge in [0.15, 0.2) is 5.78 Å². The van der Waals surface area contributed by atoms with Crippen LogP contribution in [0.1, 0.15) is 33.1 Å². The van der Waals surface area contributed by atoms with Crippen molar-refractivity contribution in [2.45, 2.75) is 38.7 Å². The molecule has 1 unspecified atom stereocenters. The number of hydrogen-bond acceptors (Lipinski definition) is 3. The second-order valence-electron chi connectivity index (χ2n) is 3.74. The van der Waals surface area contributed by atoms with Gasteiger partial charge in [-0.1, -0.05) is 6.92 Å². The SMILES string of the molecule is CCC(C)(OC)C(=O)C1=COCCC1. The van der Waals surface area contributed by atoms with Crippen molar-refractivity contribution in [3.05, 3.63) is 11.8 Å². The van der Waals surface area contributed by atoms with Gasteiger partial charge in [0.05, 0.1) is 12.9 Å². The maximum atomic E-state index is 12.0. The molecule has 80 valence electrons. The van der Waals surface area contributed by atoms with E-state index in [4.69, 9.17) is 9.47 Å². The molecular weight excluding hydrogens is 180 g/mol. The third kappa shape index (κ3) is 2.15. The summed E-state index contributed by atoms with van der Waals surface area (Å²) in [5.74, 6) is 0.0576. The Labute approximate surface area is 85.1 Å². The lowest BCUT2D eigenvalue weighted by atomic mass is 9.90. The fourth-order valence-corrected chi connectivity index (χ4v) is 1.47. The van der Waals surface area contributed by atoms with E-state index in [0.29, 0.717) is 13.0 Å². The van der Waals surface area contributed by atoms with Gasteiger partial charge in [0.1, 0.15) is 5.60 Å². The van der Waals surface area contributed by atoms with Crippen LogP contribution in [0, 0.1) is 0 Å². The lowest BCUT2D eigenvalue weighted by Crippen LogP contribution is -2.38. The number of Topliss-reactive ketones (excluding diaryl/α,β-unsaturated/α-hetero) is 1. The molecule has 0 aromatic rings. The predicted octanol–water partition coefficient (Wildman–Crippen LogP) is 2.06. The van der Waals surface area contributed by atoms with E-state index in [0.717, 1.165) is 18.4 Å². The Morgan fingerprint density at radius 3 is 2.86 bits per heavy atom. The van der Waals surface area contributed by atoms with Crippen LogP contribution in [0.5, 0.6) is 0 Å². The summed E-state index contributed by atoms with van der Waals surface area (Å²) in [7, 11) is 1.58. The van der Waals surface area contributed by atoms with Gasteiger partial charge in [-0.3, -0.25) is 4.79 Å². The van der Waals surface area contributed by atoms with Crippen molar-refractivity contribution in [2.24, 2.45) is 0 Å². The first-order valence-electron chi connectivity index (χ1n) is 5.04. The molecule has 1 aliphatic rings. The van der Waals surface area contributed by atoms with Crippen LogP contribution < -0.4 is 0 Å². The van der Waals surface area contributed by atoms with Gasteiger partial charge in [0, 0.05) is 12.7 Å². The fraction of sp³-hybridized carbons (Fsp3) is 0.727. The highest BCUT2D eigenvalue weighted by Gasteiger charge is 2.33. The van der Waals surface area contributed by atoms with Crippen LogP contribution in [-0.4, -0.2) is 25.1 Å². The normalized spacial score (nSPS) is 20.6. The molecule has 0 aliphatic carbocycles. The van der Waals surface area contributed by atoms with Crippen LogP contribution in [0.15, 0.2) is 11.8 Å². The Hall–Kier alpha value is -0.830. The Kier molecular flexibility index (Phi) is 3.69. The van der Waals surface area contributed by atoms with E-state index in [-0.39, 0.29) is 5.78 Å². The molecular formula is C11H18O3. The van der Waals surface area contributed by atoms with E-state index in [1.54, 1.807) is 13.4 Å². The lowest BCUT2D eigenvalue weighted by molar-refractivity contribution is -0.135. The molecule has 0 bridgehead atoms. The molecule has 0 radical (unpaired) electrons. The smallest absolute Gasteiger partial charge is 0.193 e. The monoisotopic (exact) mass is 198 g/mol. The average Bonchev–Trinajstić information content (AvgIpc) is 2.28. The van der Waals surface area contributed by atoms with Gasteiger partial charge in [0.25, 0.3) is 0 Å². The summed E-state index contributed by atoms with van der Waals surface area (Å²) in [6.07, 6.45) is 3.98. The second kappa shape index (κ2) is 4.60. The Bertz CT molecular complexity index is 239. The zero-order chi connectivity index (χ0) is 10.6.